The predicted molar refractivity (Wildman–Crippen MR) is 79.4 cm³/mol. The zero-order valence-corrected chi connectivity index (χ0v) is 13.1. The van der Waals surface area contributed by atoms with Gasteiger partial charge in [0, 0.05) is 26.2 Å². The van der Waals surface area contributed by atoms with Crippen LogP contribution in [-0.2, 0) is 23.8 Å². The molecule has 0 amide bonds. The smallest absolute Gasteiger partial charge is 0.279 e. The molecule has 0 fully saturated rings. The molecule has 116 valence electrons. The molecule has 2 aromatic rings. The van der Waals surface area contributed by atoms with Crippen LogP contribution in [0.5, 0.6) is 0 Å². The van der Waals surface area contributed by atoms with Gasteiger partial charge in [0.1, 0.15) is 11.6 Å². The van der Waals surface area contributed by atoms with E-state index < -0.39 is 10.2 Å². The molecule has 0 radical (unpaired) electrons. The molecule has 1 heterocycles. The topological polar surface area (TPSA) is 67.2 Å². The van der Waals surface area contributed by atoms with Gasteiger partial charge in [-0.15, -0.1) is 0 Å². The first-order valence-corrected chi connectivity index (χ1v) is 8.18. The average molecular weight is 314 g/mol. The Morgan fingerprint density at radius 1 is 1.33 bits per heavy atom. The summed E-state index contributed by atoms with van der Waals surface area (Å²) in [5.41, 5.74) is 1.27. The molecule has 1 aromatic carbocycles. The molecule has 0 aliphatic rings. The molecule has 1 aromatic heterocycles. The third-order valence-corrected chi connectivity index (χ3v) is 5.10. The van der Waals surface area contributed by atoms with Crippen molar-refractivity contribution in [2.45, 2.75) is 20.4 Å². The van der Waals surface area contributed by atoms with E-state index in [9.17, 15) is 12.8 Å². The van der Waals surface area contributed by atoms with Crippen molar-refractivity contribution in [1.82, 2.24) is 18.6 Å². The molecule has 0 atom stereocenters. The van der Waals surface area contributed by atoms with E-state index in [4.69, 9.17) is 0 Å². The minimum Gasteiger partial charge on any atom is -0.330 e. The second-order valence-electron chi connectivity index (χ2n) is 4.63. The highest BCUT2D eigenvalue weighted by Crippen LogP contribution is 2.16. The Hall–Kier alpha value is -1.51. The molecule has 0 saturated carbocycles. The van der Waals surface area contributed by atoms with Gasteiger partial charge in [0.2, 0.25) is 0 Å². The van der Waals surface area contributed by atoms with E-state index in [0.29, 0.717) is 24.4 Å². The minimum absolute atomic E-state index is 0.0611. The fourth-order valence-corrected chi connectivity index (χ4v) is 3.37. The number of imidazole rings is 1. The largest absolute Gasteiger partial charge is 0.330 e. The van der Waals surface area contributed by atoms with Crippen molar-refractivity contribution in [3.63, 3.8) is 0 Å². The van der Waals surface area contributed by atoms with E-state index in [1.165, 1.54) is 16.4 Å². The van der Waals surface area contributed by atoms with Gasteiger partial charge in [0.25, 0.3) is 10.2 Å². The summed E-state index contributed by atoms with van der Waals surface area (Å²) in [6.07, 6.45) is 0. The molecule has 6 nitrogen and oxygen atoms in total. The van der Waals surface area contributed by atoms with Gasteiger partial charge in [-0.2, -0.15) is 17.4 Å². The fourth-order valence-electron chi connectivity index (χ4n) is 2.19. The van der Waals surface area contributed by atoms with Crippen molar-refractivity contribution in [3.8, 4) is 0 Å². The minimum atomic E-state index is -3.53. The summed E-state index contributed by atoms with van der Waals surface area (Å²) in [6, 6.07) is 4.31. The van der Waals surface area contributed by atoms with Crippen LogP contribution in [0.15, 0.2) is 18.2 Å². The van der Waals surface area contributed by atoms with Gasteiger partial charge in [0.05, 0.1) is 17.6 Å². The highest BCUT2D eigenvalue weighted by molar-refractivity contribution is 7.87. The van der Waals surface area contributed by atoms with Crippen molar-refractivity contribution in [2.75, 3.05) is 13.1 Å². The van der Waals surface area contributed by atoms with Gasteiger partial charge < -0.3 is 4.57 Å². The number of aryl methyl sites for hydroxylation is 1. The fraction of sp³-hybridized carbons (Fsp3) is 0.462. The maximum atomic E-state index is 13.2. The quantitative estimate of drug-likeness (QED) is 0.876. The number of hydrogen-bond acceptors (Lipinski definition) is 3. The Bertz CT molecular complexity index is 738. The number of aromatic nitrogens is 2. The zero-order valence-electron chi connectivity index (χ0n) is 12.3. The Balaban J connectivity index is 2.23. The lowest BCUT2D eigenvalue weighted by Crippen LogP contribution is -2.40. The summed E-state index contributed by atoms with van der Waals surface area (Å²) in [6.45, 7) is 4.42. The van der Waals surface area contributed by atoms with Gasteiger partial charge in [-0.05, 0) is 12.1 Å². The number of nitrogens with one attached hydrogen (secondary N) is 1. The van der Waals surface area contributed by atoms with Crippen LogP contribution in [0.1, 0.15) is 19.7 Å². The molecule has 0 aliphatic carbocycles. The lowest BCUT2D eigenvalue weighted by atomic mass is 10.3. The highest BCUT2D eigenvalue weighted by atomic mass is 32.2. The predicted octanol–water partition coefficient (Wildman–Crippen LogP) is 1.39. The van der Waals surface area contributed by atoms with E-state index in [1.54, 1.807) is 31.5 Å². The first kappa shape index (κ1) is 15.9. The van der Waals surface area contributed by atoms with Gasteiger partial charge in [-0.3, -0.25) is 0 Å². The van der Waals surface area contributed by atoms with Crippen LogP contribution in [0.2, 0.25) is 0 Å². The highest BCUT2D eigenvalue weighted by Gasteiger charge is 2.19. The summed E-state index contributed by atoms with van der Waals surface area (Å²) in [5, 5.41) is 0. The van der Waals surface area contributed by atoms with E-state index in [1.807, 2.05) is 0 Å². The Morgan fingerprint density at radius 2 is 2.00 bits per heavy atom. The summed E-state index contributed by atoms with van der Waals surface area (Å²) in [4.78, 5) is 4.26. The molecule has 8 heteroatoms. The van der Waals surface area contributed by atoms with E-state index in [-0.39, 0.29) is 12.4 Å². The molecule has 21 heavy (non-hydrogen) atoms. The maximum Gasteiger partial charge on any atom is 0.279 e. The van der Waals surface area contributed by atoms with Crippen LogP contribution in [0, 0.1) is 5.82 Å². The van der Waals surface area contributed by atoms with Gasteiger partial charge in [-0.25, -0.2) is 9.37 Å². The van der Waals surface area contributed by atoms with Crippen LogP contribution in [0.25, 0.3) is 11.0 Å². The number of rotatable bonds is 6. The zero-order chi connectivity index (χ0) is 15.6. The molecule has 0 unspecified atom stereocenters. The van der Waals surface area contributed by atoms with Crippen molar-refractivity contribution in [1.29, 1.82) is 0 Å². The standard InChI is InChI=1S/C13H19FN4O2S/c1-4-18(5-2)21(19,20)15-9-13-16-11-8-10(14)6-7-12(11)17(13)3/h6-8,15H,4-5,9H2,1-3H3. The molecule has 0 bridgehead atoms. The van der Waals surface area contributed by atoms with Gasteiger partial charge in [0.15, 0.2) is 0 Å². The van der Waals surface area contributed by atoms with Crippen molar-refractivity contribution >= 4 is 21.2 Å². The molecular formula is C13H19FN4O2S. The van der Waals surface area contributed by atoms with Crippen molar-refractivity contribution in [2.24, 2.45) is 7.05 Å². The Kier molecular flexibility index (Phi) is 4.60. The molecular weight excluding hydrogens is 295 g/mol. The van der Waals surface area contributed by atoms with Crippen LogP contribution in [0.3, 0.4) is 0 Å². The Morgan fingerprint density at radius 3 is 2.62 bits per heavy atom. The van der Waals surface area contributed by atoms with Crippen LogP contribution in [-0.4, -0.2) is 35.4 Å². The molecule has 0 aliphatic heterocycles. The number of halogens is 1. The lowest BCUT2D eigenvalue weighted by molar-refractivity contribution is 0.433. The number of fused-ring (bicyclic) bond motifs is 1. The number of benzene rings is 1. The summed E-state index contributed by atoms with van der Waals surface area (Å²) >= 11 is 0. The number of nitrogens with zero attached hydrogens (tertiary/aromatic N) is 3. The Labute approximate surface area is 123 Å². The second kappa shape index (κ2) is 6.08. The normalized spacial score (nSPS) is 12.4. The average Bonchev–Trinajstić information content (AvgIpc) is 2.73. The SMILES string of the molecule is CCN(CC)S(=O)(=O)NCc1nc2cc(F)ccc2n1C. The van der Waals surface area contributed by atoms with Crippen LogP contribution in [0.4, 0.5) is 4.39 Å². The van der Waals surface area contributed by atoms with E-state index in [2.05, 4.69) is 9.71 Å². The number of hydrogen-bond donors (Lipinski definition) is 1. The molecule has 1 N–H and O–H groups in total. The second-order valence-corrected chi connectivity index (χ2v) is 6.39. The summed E-state index contributed by atoms with van der Waals surface area (Å²) in [7, 11) is -1.76. The third kappa shape index (κ3) is 3.22. The van der Waals surface area contributed by atoms with Crippen molar-refractivity contribution < 1.29 is 12.8 Å². The molecule has 0 spiro atoms. The summed E-state index contributed by atoms with van der Waals surface area (Å²) in [5.74, 6) is 0.169. The van der Waals surface area contributed by atoms with E-state index in [0.717, 1.165) is 5.52 Å². The lowest BCUT2D eigenvalue weighted by Gasteiger charge is -2.18. The third-order valence-electron chi connectivity index (χ3n) is 3.39. The summed E-state index contributed by atoms with van der Waals surface area (Å²) < 4.78 is 42.9. The maximum absolute atomic E-state index is 13.2. The first-order chi connectivity index (χ1) is 9.89. The van der Waals surface area contributed by atoms with Gasteiger partial charge >= 0.3 is 0 Å². The first-order valence-electron chi connectivity index (χ1n) is 6.74. The van der Waals surface area contributed by atoms with E-state index >= 15 is 0 Å². The monoisotopic (exact) mass is 314 g/mol. The van der Waals surface area contributed by atoms with Crippen molar-refractivity contribution in [3.05, 3.63) is 29.8 Å². The molecule has 2 rings (SSSR count). The van der Waals surface area contributed by atoms with Crippen LogP contribution < -0.4 is 4.72 Å². The van der Waals surface area contributed by atoms with Crippen LogP contribution >= 0.6 is 0 Å². The van der Waals surface area contributed by atoms with Gasteiger partial charge in [-0.1, -0.05) is 13.8 Å². The molecule has 0 saturated heterocycles.